The normalized spacial score (nSPS) is 12.6. The van der Waals surface area contributed by atoms with Crippen molar-refractivity contribution in [1.82, 2.24) is 9.97 Å². The number of thiophene rings is 1. The van der Waals surface area contributed by atoms with Gasteiger partial charge in [-0.2, -0.15) is 4.98 Å². The molecular weight excluding hydrogens is 284 g/mol. The summed E-state index contributed by atoms with van der Waals surface area (Å²) in [5.41, 5.74) is 0. The number of aliphatic hydroxyl groups excluding tert-OH is 1. The average molecular weight is 308 g/mol. The van der Waals surface area contributed by atoms with Crippen molar-refractivity contribution in [2.24, 2.45) is 0 Å². The highest BCUT2D eigenvalue weighted by Crippen LogP contribution is 2.29. The summed E-state index contributed by atoms with van der Waals surface area (Å²) in [4.78, 5) is 11.4. The number of fused-ring (bicyclic) bond motifs is 1. The monoisotopic (exact) mass is 308 g/mol. The topological polar surface area (TPSA) is 70.1 Å². The maximum atomic E-state index is 9.30. The highest BCUT2D eigenvalue weighted by Gasteiger charge is 2.10. The second-order valence-electron chi connectivity index (χ2n) is 5.32. The van der Waals surface area contributed by atoms with Crippen molar-refractivity contribution < 1.29 is 5.11 Å². The van der Waals surface area contributed by atoms with Crippen LogP contribution >= 0.6 is 11.3 Å². The summed E-state index contributed by atoms with van der Waals surface area (Å²) in [6.07, 6.45) is 2.51. The lowest BCUT2D eigenvalue weighted by Gasteiger charge is -2.10. The molecule has 2 rings (SSSR count). The lowest BCUT2D eigenvalue weighted by atomic mass is 10.2. The van der Waals surface area contributed by atoms with Crippen LogP contribution in [0.5, 0.6) is 0 Å². The van der Waals surface area contributed by atoms with Crippen molar-refractivity contribution in [2.45, 2.75) is 46.1 Å². The highest BCUT2D eigenvalue weighted by molar-refractivity contribution is 7.18. The summed E-state index contributed by atoms with van der Waals surface area (Å²) in [6.45, 7) is 7.70. The van der Waals surface area contributed by atoms with Gasteiger partial charge in [0.25, 0.3) is 0 Å². The highest BCUT2D eigenvalue weighted by atomic mass is 32.1. The first-order valence-corrected chi connectivity index (χ1v) is 8.35. The molecule has 0 aliphatic carbocycles. The Morgan fingerprint density at radius 3 is 2.81 bits per heavy atom. The number of aromatic nitrogens is 2. The van der Waals surface area contributed by atoms with E-state index < -0.39 is 0 Å². The molecule has 0 radical (unpaired) electrons. The fraction of sp³-hybridized carbons (Fsp3) is 0.600. The standard InChI is InChI=1S/C15H24N4OS/c1-4-7-17-15-18-13(16-8-5-6-10(2)20)12-9-11(3)21-14(12)19-15/h9-10,20H,4-8H2,1-3H3,(H2,16,17,18,19). The van der Waals surface area contributed by atoms with Crippen LogP contribution in [-0.4, -0.2) is 34.3 Å². The molecule has 0 aliphatic heterocycles. The lowest BCUT2D eigenvalue weighted by molar-refractivity contribution is 0.183. The second kappa shape index (κ2) is 7.56. The van der Waals surface area contributed by atoms with Crippen LogP contribution in [0.3, 0.4) is 0 Å². The van der Waals surface area contributed by atoms with Crippen LogP contribution in [0.15, 0.2) is 6.07 Å². The molecule has 2 heterocycles. The van der Waals surface area contributed by atoms with Crippen LogP contribution in [-0.2, 0) is 0 Å². The Labute approximate surface area is 129 Å². The molecule has 0 aromatic carbocycles. The van der Waals surface area contributed by atoms with E-state index in [2.05, 4.69) is 40.5 Å². The van der Waals surface area contributed by atoms with Gasteiger partial charge < -0.3 is 15.7 Å². The quantitative estimate of drug-likeness (QED) is 0.652. The number of hydrogen-bond donors (Lipinski definition) is 3. The van der Waals surface area contributed by atoms with Crippen LogP contribution in [0.2, 0.25) is 0 Å². The van der Waals surface area contributed by atoms with Crippen LogP contribution in [0.25, 0.3) is 10.2 Å². The van der Waals surface area contributed by atoms with E-state index in [4.69, 9.17) is 0 Å². The van der Waals surface area contributed by atoms with E-state index >= 15 is 0 Å². The van der Waals surface area contributed by atoms with Crippen LogP contribution in [0.1, 0.15) is 38.0 Å². The first-order valence-electron chi connectivity index (χ1n) is 7.54. The zero-order valence-electron chi connectivity index (χ0n) is 12.9. The molecule has 0 fully saturated rings. The van der Waals surface area contributed by atoms with Gasteiger partial charge in [0.1, 0.15) is 10.6 Å². The fourth-order valence-electron chi connectivity index (χ4n) is 2.10. The molecule has 3 N–H and O–H groups in total. The predicted octanol–water partition coefficient (Wildman–Crippen LogP) is 3.39. The molecular formula is C15H24N4OS. The number of nitrogens with one attached hydrogen (secondary N) is 2. The van der Waals surface area contributed by atoms with Gasteiger partial charge in [0.15, 0.2) is 0 Å². The zero-order valence-corrected chi connectivity index (χ0v) is 13.8. The smallest absolute Gasteiger partial charge is 0.226 e. The zero-order chi connectivity index (χ0) is 15.2. The molecule has 0 spiro atoms. The first kappa shape index (κ1) is 16.0. The van der Waals surface area contributed by atoms with Gasteiger partial charge >= 0.3 is 0 Å². The lowest BCUT2D eigenvalue weighted by Crippen LogP contribution is -2.10. The SMILES string of the molecule is CCCNc1nc(NCCCC(C)O)c2cc(C)sc2n1. The molecule has 1 unspecified atom stereocenters. The van der Waals surface area contributed by atoms with Gasteiger partial charge in [-0.05, 0) is 39.2 Å². The Hall–Kier alpha value is -1.40. The first-order chi connectivity index (χ1) is 10.1. The van der Waals surface area contributed by atoms with Gasteiger partial charge in [0.05, 0.1) is 11.5 Å². The van der Waals surface area contributed by atoms with Crippen LogP contribution in [0.4, 0.5) is 11.8 Å². The Bertz CT molecular complexity index is 582. The molecule has 116 valence electrons. The summed E-state index contributed by atoms with van der Waals surface area (Å²) in [7, 11) is 0. The Morgan fingerprint density at radius 1 is 1.29 bits per heavy atom. The van der Waals surface area contributed by atoms with Crippen molar-refractivity contribution in [3.63, 3.8) is 0 Å². The predicted molar refractivity (Wildman–Crippen MR) is 90.3 cm³/mol. The van der Waals surface area contributed by atoms with E-state index in [0.29, 0.717) is 5.95 Å². The number of aryl methyl sites for hydroxylation is 1. The summed E-state index contributed by atoms with van der Waals surface area (Å²) in [5.74, 6) is 1.57. The Morgan fingerprint density at radius 2 is 2.10 bits per heavy atom. The molecule has 0 saturated carbocycles. The maximum Gasteiger partial charge on any atom is 0.226 e. The minimum Gasteiger partial charge on any atom is -0.393 e. The van der Waals surface area contributed by atoms with Crippen LogP contribution < -0.4 is 10.6 Å². The fourth-order valence-corrected chi connectivity index (χ4v) is 2.98. The molecule has 1 atom stereocenters. The number of anilines is 2. The van der Waals surface area contributed by atoms with Gasteiger partial charge in [-0.3, -0.25) is 0 Å². The van der Waals surface area contributed by atoms with E-state index in [1.807, 2.05) is 6.92 Å². The number of hydrogen-bond acceptors (Lipinski definition) is 6. The Kier molecular flexibility index (Phi) is 5.76. The third-order valence-electron chi connectivity index (χ3n) is 3.14. The molecule has 0 aliphatic rings. The molecule has 2 aromatic rings. The molecule has 2 aromatic heterocycles. The van der Waals surface area contributed by atoms with Crippen molar-refractivity contribution in [3.05, 3.63) is 10.9 Å². The van der Waals surface area contributed by atoms with Crippen molar-refractivity contribution in [3.8, 4) is 0 Å². The van der Waals surface area contributed by atoms with Crippen LogP contribution in [0, 0.1) is 6.92 Å². The van der Waals surface area contributed by atoms with Crippen molar-refractivity contribution >= 4 is 33.3 Å². The number of rotatable bonds is 8. The summed E-state index contributed by atoms with van der Waals surface area (Å²) < 4.78 is 0. The second-order valence-corrected chi connectivity index (χ2v) is 6.55. The van der Waals surface area contributed by atoms with Crippen molar-refractivity contribution in [1.29, 1.82) is 0 Å². The molecule has 0 saturated heterocycles. The van der Waals surface area contributed by atoms with E-state index in [1.165, 1.54) is 4.88 Å². The molecule has 21 heavy (non-hydrogen) atoms. The minimum absolute atomic E-state index is 0.248. The average Bonchev–Trinajstić information content (AvgIpc) is 2.81. The van der Waals surface area contributed by atoms with E-state index in [1.54, 1.807) is 11.3 Å². The third kappa shape index (κ3) is 4.54. The Balaban J connectivity index is 2.14. The van der Waals surface area contributed by atoms with Crippen molar-refractivity contribution in [2.75, 3.05) is 23.7 Å². The summed E-state index contributed by atoms with van der Waals surface area (Å²) in [6, 6.07) is 2.13. The van der Waals surface area contributed by atoms with E-state index in [0.717, 1.165) is 48.4 Å². The number of nitrogens with zero attached hydrogens (tertiary/aromatic N) is 2. The maximum absolute atomic E-state index is 9.30. The van der Waals surface area contributed by atoms with Gasteiger partial charge in [-0.1, -0.05) is 6.92 Å². The van der Waals surface area contributed by atoms with E-state index in [-0.39, 0.29) is 6.10 Å². The van der Waals surface area contributed by atoms with Gasteiger partial charge in [-0.15, -0.1) is 11.3 Å². The third-order valence-corrected chi connectivity index (χ3v) is 4.08. The largest absolute Gasteiger partial charge is 0.393 e. The molecule has 0 amide bonds. The molecule has 6 heteroatoms. The molecule has 5 nitrogen and oxygen atoms in total. The number of aliphatic hydroxyl groups is 1. The van der Waals surface area contributed by atoms with Gasteiger partial charge in [0.2, 0.25) is 5.95 Å². The van der Waals surface area contributed by atoms with Gasteiger partial charge in [0, 0.05) is 18.0 Å². The minimum atomic E-state index is -0.248. The van der Waals surface area contributed by atoms with E-state index in [9.17, 15) is 5.11 Å². The summed E-state index contributed by atoms with van der Waals surface area (Å²) >= 11 is 1.69. The molecule has 0 bridgehead atoms. The van der Waals surface area contributed by atoms with Gasteiger partial charge in [-0.25, -0.2) is 4.98 Å². The summed E-state index contributed by atoms with van der Waals surface area (Å²) in [5, 5.41) is 17.0.